The molecule has 0 unspecified atom stereocenters. The number of nitrogens with zero attached hydrogens (tertiary/aromatic N) is 3. The van der Waals surface area contributed by atoms with E-state index in [9.17, 15) is 14.9 Å². The van der Waals surface area contributed by atoms with Gasteiger partial charge in [-0.15, -0.1) is 0 Å². The Hall–Kier alpha value is -1.95. The van der Waals surface area contributed by atoms with Crippen LogP contribution >= 0.6 is 0 Å². The molecule has 25 heavy (non-hydrogen) atoms. The predicted molar refractivity (Wildman–Crippen MR) is 96.4 cm³/mol. The molecule has 1 aromatic carbocycles. The summed E-state index contributed by atoms with van der Waals surface area (Å²) in [6, 6.07) is 7.21. The third-order valence-corrected chi connectivity index (χ3v) is 5.72. The lowest BCUT2D eigenvalue weighted by atomic mass is 9.88. The molecule has 2 atom stereocenters. The van der Waals surface area contributed by atoms with E-state index in [-0.39, 0.29) is 24.1 Å². The molecule has 0 bridgehead atoms. The maximum absolute atomic E-state index is 12.8. The fourth-order valence-corrected chi connectivity index (χ4v) is 4.35. The topological polar surface area (TPSA) is 66.7 Å². The van der Waals surface area contributed by atoms with Crippen LogP contribution in [0.15, 0.2) is 24.3 Å². The number of likely N-dealkylation sites (N-methyl/N-ethyl adjacent to an activating group) is 1. The lowest BCUT2D eigenvalue weighted by Gasteiger charge is -2.42. The van der Waals surface area contributed by atoms with Crippen LogP contribution in [-0.4, -0.2) is 52.9 Å². The Morgan fingerprint density at radius 3 is 2.60 bits per heavy atom. The predicted octanol–water partition coefficient (Wildman–Crippen LogP) is 3.00. The van der Waals surface area contributed by atoms with E-state index < -0.39 is 4.92 Å². The van der Waals surface area contributed by atoms with Crippen molar-refractivity contribution in [1.82, 2.24) is 9.80 Å². The zero-order valence-corrected chi connectivity index (χ0v) is 14.9. The largest absolute Gasteiger partial charge is 0.341 e. The molecule has 0 N–H and O–H groups in total. The number of nitro benzene ring substituents is 1. The lowest BCUT2D eigenvalue weighted by molar-refractivity contribution is -0.385. The van der Waals surface area contributed by atoms with Gasteiger partial charge >= 0.3 is 0 Å². The molecule has 1 saturated heterocycles. The summed E-state index contributed by atoms with van der Waals surface area (Å²) < 4.78 is 0. The number of benzene rings is 1. The van der Waals surface area contributed by atoms with Crippen LogP contribution in [0.3, 0.4) is 0 Å². The van der Waals surface area contributed by atoms with E-state index >= 15 is 0 Å². The first-order valence-corrected chi connectivity index (χ1v) is 9.30. The van der Waals surface area contributed by atoms with Gasteiger partial charge in [-0.1, -0.05) is 31.0 Å². The summed E-state index contributed by atoms with van der Waals surface area (Å²) in [7, 11) is 1.87. The minimum absolute atomic E-state index is 0.0228. The van der Waals surface area contributed by atoms with E-state index in [1.165, 1.54) is 25.3 Å². The van der Waals surface area contributed by atoms with Crippen molar-refractivity contribution in [2.24, 2.45) is 0 Å². The molecule has 1 aliphatic carbocycles. The highest BCUT2D eigenvalue weighted by molar-refractivity contribution is 5.80. The molecule has 1 amide bonds. The standard InChI is InChI=1S/C19H27N3O3/c1-20(17-10-4-5-11-18(17)21-12-6-7-13-21)19(23)14-15-8-2-3-9-16(15)22(24)25/h2-3,8-9,17-18H,4-7,10-14H2,1H3/t17-,18-/m1/s1. The van der Waals surface area contributed by atoms with Gasteiger partial charge in [0.05, 0.1) is 11.3 Å². The van der Waals surface area contributed by atoms with Crippen molar-refractivity contribution < 1.29 is 9.72 Å². The van der Waals surface area contributed by atoms with Crippen LogP contribution in [0.2, 0.25) is 0 Å². The number of hydrogen-bond donors (Lipinski definition) is 0. The van der Waals surface area contributed by atoms with E-state index in [0.29, 0.717) is 11.6 Å². The van der Waals surface area contributed by atoms with Gasteiger partial charge in [0, 0.05) is 30.8 Å². The van der Waals surface area contributed by atoms with Gasteiger partial charge in [-0.05, 0) is 38.8 Å². The average molecular weight is 345 g/mol. The van der Waals surface area contributed by atoms with Gasteiger partial charge < -0.3 is 4.90 Å². The summed E-state index contributed by atoms with van der Waals surface area (Å²) in [5.41, 5.74) is 0.530. The Morgan fingerprint density at radius 2 is 1.88 bits per heavy atom. The number of carbonyl (C=O) groups is 1. The molecule has 1 heterocycles. The molecule has 0 aromatic heterocycles. The molecule has 2 aliphatic rings. The van der Waals surface area contributed by atoms with E-state index in [0.717, 1.165) is 32.4 Å². The first-order valence-electron chi connectivity index (χ1n) is 9.30. The van der Waals surface area contributed by atoms with Crippen molar-refractivity contribution in [1.29, 1.82) is 0 Å². The van der Waals surface area contributed by atoms with Crippen molar-refractivity contribution >= 4 is 11.6 Å². The molecule has 6 nitrogen and oxygen atoms in total. The van der Waals surface area contributed by atoms with Crippen molar-refractivity contribution in [3.63, 3.8) is 0 Å². The molecule has 1 aliphatic heterocycles. The SMILES string of the molecule is CN(C(=O)Cc1ccccc1[N+](=O)[O-])[C@@H]1CCCC[C@H]1N1CCCC1. The van der Waals surface area contributed by atoms with Crippen molar-refractivity contribution in [2.75, 3.05) is 20.1 Å². The number of carbonyl (C=O) groups excluding carboxylic acids is 1. The quantitative estimate of drug-likeness (QED) is 0.608. The summed E-state index contributed by atoms with van der Waals surface area (Å²) in [6.07, 6.45) is 7.14. The van der Waals surface area contributed by atoms with Crippen LogP contribution in [-0.2, 0) is 11.2 Å². The normalized spacial score (nSPS) is 24.2. The number of hydrogen-bond acceptors (Lipinski definition) is 4. The summed E-state index contributed by atoms with van der Waals surface area (Å²) >= 11 is 0. The van der Waals surface area contributed by atoms with Crippen LogP contribution < -0.4 is 0 Å². The summed E-state index contributed by atoms with van der Waals surface area (Å²) in [5, 5.41) is 11.2. The van der Waals surface area contributed by atoms with Gasteiger partial charge in [-0.3, -0.25) is 19.8 Å². The summed E-state index contributed by atoms with van der Waals surface area (Å²) in [4.78, 5) is 28.0. The zero-order chi connectivity index (χ0) is 17.8. The third-order valence-electron chi connectivity index (χ3n) is 5.72. The number of nitro groups is 1. The second-order valence-corrected chi connectivity index (χ2v) is 7.23. The monoisotopic (exact) mass is 345 g/mol. The van der Waals surface area contributed by atoms with E-state index in [1.807, 2.05) is 11.9 Å². The van der Waals surface area contributed by atoms with Crippen LogP contribution in [0.1, 0.15) is 44.1 Å². The van der Waals surface area contributed by atoms with Crippen LogP contribution in [0.5, 0.6) is 0 Å². The van der Waals surface area contributed by atoms with Crippen LogP contribution in [0.25, 0.3) is 0 Å². The molecule has 1 aromatic rings. The average Bonchev–Trinajstić information content (AvgIpc) is 3.16. The molecule has 0 radical (unpaired) electrons. The van der Waals surface area contributed by atoms with Crippen molar-refractivity contribution in [3.05, 3.63) is 39.9 Å². The van der Waals surface area contributed by atoms with Crippen molar-refractivity contribution in [2.45, 2.75) is 57.0 Å². The molecular formula is C19H27N3O3. The van der Waals surface area contributed by atoms with Gasteiger partial charge in [0.25, 0.3) is 5.69 Å². The smallest absolute Gasteiger partial charge is 0.273 e. The Kier molecular flexibility index (Phi) is 5.68. The fourth-order valence-electron chi connectivity index (χ4n) is 4.35. The number of rotatable bonds is 5. The number of likely N-dealkylation sites (tertiary alicyclic amines) is 1. The molecule has 136 valence electrons. The van der Waals surface area contributed by atoms with E-state index in [2.05, 4.69) is 4.90 Å². The number of amides is 1. The van der Waals surface area contributed by atoms with Crippen LogP contribution in [0.4, 0.5) is 5.69 Å². The van der Waals surface area contributed by atoms with Gasteiger partial charge in [0.2, 0.25) is 5.91 Å². The molecule has 6 heteroatoms. The lowest BCUT2D eigenvalue weighted by Crippen LogP contribution is -2.53. The Balaban J connectivity index is 1.71. The Bertz CT molecular complexity index is 628. The van der Waals surface area contributed by atoms with Crippen molar-refractivity contribution in [3.8, 4) is 0 Å². The Labute approximate surface area is 148 Å². The first-order chi connectivity index (χ1) is 12.1. The first kappa shape index (κ1) is 17.9. The minimum Gasteiger partial charge on any atom is -0.341 e. The van der Waals surface area contributed by atoms with Gasteiger partial charge in [-0.2, -0.15) is 0 Å². The maximum Gasteiger partial charge on any atom is 0.273 e. The van der Waals surface area contributed by atoms with E-state index in [4.69, 9.17) is 0 Å². The molecule has 3 rings (SSSR count). The highest BCUT2D eigenvalue weighted by Gasteiger charge is 2.35. The summed E-state index contributed by atoms with van der Waals surface area (Å²) in [5.74, 6) is -0.0228. The second-order valence-electron chi connectivity index (χ2n) is 7.23. The minimum atomic E-state index is -0.406. The Morgan fingerprint density at radius 1 is 1.20 bits per heavy atom. The molecule has 0 spiro atoms. The molecular weight excluding hydrogens is 318 g/mol. The van der Waals surface area contributed by atoms with Gasteiger partial charge in [-0.25, -0.2) is 0 Å². The maximum atomic E-state index is 12.8. The second kappa shape index (κ2) is 7.95. The van der Waals surface area contributed by atoms with E-state index in [1.54, 1.807) is 18.2 Å². The molecule has 2 fully saturated rings. The molecule has 1 saturated carbocycles. The summed E-state index contributed by atoms with van der Waals surface area (Å²) in [6.45, 7) is 2.26. The van der Waals surface area contributed by atoms with Crippen LogP contribution in [0, 0.1) is 10.1 Å². The zero-order valence-electron chi connectivity index (χ0n) is 14.9. The van der Waals surface area contributed by atoms with Gasteiger partial charge in [0.1, 0.15) is 0 Å². The third kappa shape index (κ3) is 4.00. The van der Waals surface area contributed by atoms with Gasteiger partial charge in [0.15, 0.2) is 0 Å². The highest BCUT2D eigenvalue weighted by Crippen LogP contribution is 2.29. The fraction of sp³-hybridized carbons (Fsp3) is 0.632. The highest BCUT2D eigenvalue weighted by atomic mass is 16.6. The number of para-hydroxylation sites is 1.